The molecule has 1 amide bonds. The van der Waals surface area contributed by atoms with Crippen LogP contribution in [0.1, 0.15) is 5.56 Å². The van der Waals surface area contributed by atoms with Crippen LogP contribution in [-0.2, 0) is 11.3 Å². The molecule has 0 aliphatic carbocycles. The number of likely N-dealkylation sites (N-methyl/N-ethyl adjacent to an activating group) is 1. The minimum Gasteiger partial charge on any atom is -0.485 e. The van der Waals surface area contributed by atoms with Crippen LogP contribution in [0.3, 0.4) is 0 Å². The molecule has 114 valence electrons. The Morgan fingerprint density at radius 1 is 1.18 bits per heavy atom. The summed E-state index contributed by atoms with van der Waals surface area (Å²) in [6.45, 7) is 0.574. The second-order valence-electron chi connectivity index (χ2n) is 5.18. The summed E-state index contributed by atoms with van der Waals surface area (Å²) in [7, 11) is 1.69. The molecule has 2 aromatic rings. The van der Waals surface area contributed by atoms with Gasteiger partial charge in [-0.2, -0.15) is 0 Å². The van der Waals surface area contributed by atoms with Gasteiger partial charge >= 0.3 is 0 Å². The van der Waals surface area contributed by atoms with Crippen molar-refractivity contribution >= 4 is 5.91 Å². The largest absolute Gasteiger partial charge is 0.485 e. The van der Waals surface area contributed by atoms with Crippen molar-refractivity contribution in [2.24, 2.45) is 0 Å². The molecular formula is C17H16FNO3. The first-order chi connectivity index (χ1) is 10.6. The van der Waals surface area contributed by atoms with E-state index < -0.39 is 6.10 Å². The number of hydrogen-bond acceptors (Lipinski definition) is 3. The van der Waals surface area contributed by atoms with Gasteiger partial charge in [0, 0.05) is 13.6 Å². The predicted octanol–water partition coefficient (Wildman–Crippen LogP) is 2.62. The lowest BCUT2D eigenvalue weighted by Crippen LogP contribution is -2.44. The van der Waals surface area contributed by atoms with Crippen LogP contribution in [0.15, 0.2) is 48.5 Å². The average molecular weight is 301 g/mol. The topological polar surface area (TPSA) is 38.8 Å². The third-order valence-corrected chi connectivity index (χ3v) is 3.49. The first-order valence-electron chi connectivity index (χ1n) is 7.01. The molecule has 1 unspecified atom stereocenters. The Balaban J connectivity index is 1.65. The van der Waals surface area contributed by atoms with Gasteiger partial charge < -0.3 is 14.4 Å². The van der Waals surface area contributed by atoms with Gasteiger partial charge in [-0.3, -0.25) is 4.79 Å². The molecule has 0 N–H and O–H groups in total. The minimum absolute atomic E-state index is 0.168. The summed E-state index contributed by atoms with van der Waals surface area (Å²) in [5.74, 6) is 0.757. The number of rotatable bonds is 3. The van der Waals surface area contributed by atoms with Crippen LogP contribution in [0, 0.1) is 5.82 Å². The van der Waals surface area contributed by atoms with Crippen LogP contribution in [0.4, 0.5) is 4.39 Å². The van der Waals surface area contributed by atoms with Gasteiger partial charge in [-0.05, 0) is 29.8 Å². The summed E-state index contributed by atoms with van der Waals surface area (Å²) in [4.78, 5) is 14.0. The zero-order valence-electron chi connectivity index (χ0n) is 12.2. The van der Waals surface area contributed by atoms with Crippen molar-refractivity contribution < 1.29 is 18.7 Å². The van der Waals surface area contributed by atoms with E-state index in [-0.39, 0.29) is 18.3 Å². The number of nitrogens with zero attached hydrogens (tertiary/aromatic N) is 1. The van der Waals surface area contributed by atoms with Crippen molar-refractivity contribution in [2.45, 2.75) is 12.6 Å². The molecule has 0 bridgehead atoms. The SMILES string of the molecule is CN(Cc1ccc(F)cc1)C(=O)C1COc2ccccc2O1. The molecule has 0 saturated heterocycles. The van der Waals surface area contributed by atoms with E-state index in [1.165, 1.54) is 12.1 Å². The lowest BCUT2D eigenvalue weighted by molar-refractivity contribution is -0.140. The first-order valence-corrected chi connectivity index (χ1v) is 7.01. The fourth-order valence-corrected chi connectivity index (χ4v) is 2.33. The van der Waals surface area contributed by atoms with E-state index in [1.54, 1.807) is 36.2 Å². The fraction of sp³-hybridized carbons (Fsp3) is 0.235. The number of benzene rings is 2. The van der Waals surface area contributed by atoms with Gasteiger partial charge in [-0.1, -0.05) is 24.3 Å². The third kappa shape index (κ3) is 3.03. The molecule has 0 aromatic heterocycles. The Kier molecular flexibility index (Phi) is 3.96. The van der Waals surface area contributed by atoms with Crippen LogP contribution in [-0.4, -0.2) is 30.6 Å². The number of carbonyl (C=O) groups is 1. The molecule has 1 heterocycles. The number of fused-ring (bicyclic) bond motifs is 1. The quantitative estimate of drug-likeness (QED) is 0.875. The highest BCUT2D eigenvalue weighted by Gasteiger charge is 2.29. The summed E-state index contributed by atoms with van der Waals surface area (Å²) < 4.78 is 24.1. The van der Waals surface area contributed by atoms with Crippen molar-refractivity contribution in [1.82, 2.24) is 4.90 Å². The highest BCUT2D eigenvalue weighted by Crippen LogP contribution is 2.31. The smallest absolute Gasteiger partial charge is 0.267 e. The second-order valence-corrected chi connectivity index (χ2v) is 5.18. The van der Waals surface area contributed by atoms with Gasteiger partial charge in [-0.15, -0.1) is 0 Å². The van der Waals surface area contributed by atoms with Crippen LogP contribution < -0.4 is 9.47 Å². The molecule has 1 aliphatic rings. The van der Waals surface area contributed by atoms with Crippen LogP contribution in [0.5, 0.6) is 11.5 Å². The van der Waals surface area contributed by atoms with Crippen molar-refractivity contribution in [2.75, 3.05) is 13.7 Å². The van der Waals surface area contributed by atoms with Crippen molar-refractivity contribution in [3.8, 4) is 11.5 Å². The molecule has 22 heavy (non-hydrogen) atoms. The number of amides is 1. The molecular weight excluding hydrogens is 285 g/mol. The van der Waals surface area contributed by atoms with Crippen molar-refractivity contribution in [3.05, 3.63) is 59.9 Å². The number of halogens is 1. The van der Waals surface area contributed by atoms with Gasteiger partial charge in [0.2, 0.25) is 6.10 Å². The Bertz CT molecular complexity index is 672. The maximum Gasteiger partial charge on any atom is 0.267 e. The molecule has 1 atom stereocenters. The first kappa shape index (κ1) is 14.4. The maximum absolute atomic E-state index is 12.9. The fourth-order valence-electron chi connectivity index (χ4n) is 2.33. The van der Waals surface area contributed by atoms with Crippen LogP contribution in [0.25, 0.3) is 0 Å². The predicted molar refractivity (Wildman–Crippen MR) is 79.2 cm³/mol. The van der Waals surface area contributed by atoms with Gasteiger partial charge in [0.15, 0.2) is 11.5 Å². The summed E-state index contributed by atoms with van der Waals surface area (Å²) in [5.41, 5.74) is 0.856. The molecule has 5 heteroatoms. The summed E-state index contributed by atoms with van der Waals surface area (Å²) in [6, 6.07) is 13.3. The van der Waals surface area contributed by atoms with E-state index in [0.29, 0.717) is 18.0 Å². The van der Waals surface area contributed by atoms with Crippen LogP contribution in [0.2, 0.25) is 0 Å². The van der Waals surface area contributed by atoms with E-state index in [0.717, 1.165) is 5.56 Å². The monoisotopic (exact) mass is 301 g/mol. The van der Waals surface area contributed by atoms with E-state index in [4.69, 9.17) is 9.47 Å². The Morgan fingerprint density at radius 2 is 1.86 bits per heavy atom. The van der Waals surface area contributed by atoms with Gasteiger partial charge in [-0.25, -0.2) is 4.39 Å². The summed E-state index contributed by atoms with van der Waals surface area (Å²) in [5, 5.41) is 0. The molecule has 0 fully saturated rings. The second kappa shape index (κ2) is 6.05. The Morgan fingerprint density at radius 3 is 2.59 bits per heavy atom. The lowest BCUT2D eigenvalue weighted by atomic mass is 10.2. The maximum atomic E-state index is 12.9. The molecule has 4 nitrogen and oxygen atoms in total. The van der Waals surface area contributed by atoms with Gasteiger partial charge in [0.1, 0.15) is 12.4 Å². The zero-order chi connectivity index (χ0) is 15.5. The number of ether oxygens (including phenoxy) is 2. The lowest BCUT2D eigenvalue weighted by Gasteiger charge is -2.28. The third-order valence-electron chi connectivity index (χ3n) is 3.49. The summed E-state index contributed by atoms with van der Waals surface area (Å²) in [6.07, 6.45) is -0.666. The highest BCUT2D eigenvalue weighted by atomic mass is 19.1. The molecule has 1 aliphatic heterocycles. The Hall–Kier alpha value is -2.56. The molecule has 0 saturated carbocycles. The summed E-state index contributed by atoms with van der Waals surface area (Å²) >= 11 is 0. The number of hydrogen-bond donors (Lipinski definition) is 0. The molecule has 3 rings (SSSR count). The van der Waals surface area contributed by atoms with E-state index in [1.807, 2.05) is 12.1 Å². The number of para-hydroxylation sites is 2. The van der Waals surface area contributed by atoms with Crippen molar-refractivity contribution in [3.63, 3.8) is 0 Å². The van der Waals surface area contributed by atoms with Gasteiger partial charge in [0.25, 0.3) is 5.91 Å². The van der Waals surface area contributed by atoms with E-state index in [2.05, 4.69) is 0 Å². The van der Waals surface area contributed by atoms with E-state index >= 15 is 0 Å². The molecule has 0 radical (unpaired) electrons. The van der Waals surface area contributed by atoms with Gasteiger partial charge in [0.05, 0.1) is 0 Å². The molecule has 2 aromatic carbocycles. The highest BCUT2D eigenvalue weighted by molar-refractivity contribution is 5.81. The normalized spacial score (nSPS) is 16.2. The minimum atomic E-state index is -0.666. The molecule has 0 spiro atoms. The van der Waals surface area contributed by atoms with Crippen LogP contribution >= 0.6 is 0 Å². The zero-order valence-corrected chi connectivity index (χ0v) is 12.2. The standard InChI is InChI=1S/C17H16FNO3/c1-19(10-12-6-8-13(18)9-7-12)17(20)16-11-21-14-4-2-3-5-15(14)22-16/h2-9,16H,10-11H2,1H3. The average Bonchev–Trinajstić information content (AvgIpc) is 2.55. The van der Waals surface area contributed by atoms with Crippen molar-refractivity contribution in [1.29, 1.82) is 0 Å². The Labute approximate surface area is 128 Å². The van der Waals surface area contributed by atoms with E-state index in [9.17, 15) is 9.18 Å². The number of carbonyl (C=O) groups excluding carboxylic acids is 1.